The summed E-state index contributed by atoms with van der Waals surface area (Å²) in [6, 6.07) is 0.984. The first kappa shape index (κ1) is 7.02. The Morgan fingerprint density at radius 1 is 1.60 bits per heavy atom. The van der Waals surface area contributed by atoms with E-state index < -0.39 is 0 Å². The Balaban J connectivity index is 2.12. The zero-order chi connectivity index (χ0) is 7.14. The van der Waals surface area contributed by atoms with Crippen LogP contribution in [0.1, 0.15) is 0 Å². The first-order valence-corrected chi connectivity index (χ1v) is 5.44. The van der Waals surface area contributed by atoms with Gasteiger partial charge in [0.25, 0.3) is 0 Å². The Kier molecular flexibility index (Phi) is 1.71. The molecule has 2 aliphatic heterocycles. The van der Waals surface area contributed by atoms with Gasteiger partial charge in [0.05, 0.1) is 15.3 Å². The van der Waals surface area contributed by atoms with Crippen LogP contribution in [0.25, 0.3) is 0 Å². The van der Waals surface area contributed by atoms with Crippen molar-refractivity contribution in [2.75, 3.05) is 5.75 Å². The molecule has 0 aromatic carbocycles. The monoisotopic (exact) mass is 269 g/mol. The highest BCUT2D eigenvalue weighted by molar-refractivity contribution is 14.1. The van der Waals surface area contributed by atoms with Crippen LogP contribution in [-0.4, -0.2) is 27.1 Å². The molecule has 2 saturated heterocycles. The molecule has 3 nitrogen and oxygen atoms in total. The van der Waals surface area contributed by atoms with Crippen molar-refractivity contribution in [3.05, 3.63) is 0 Å². The summed E-state index contributed by atoms with van der Waals surface area (Å²) < 4.78 is 0.623. The van der Waals surface area contributed by atoms with E-state index in [2.05, 4.69) is 33.2 Å². The Morgan fingerprint density at radius 2 is 2.40 bits per heavy atom. The standard InChI is InChI=1S/C5H8IN3S/c6-4-3-2(1-10-4)8-5(7)9-3/h2-4H,1H2,(H3,7,8,9)/t2-,3-,4+/m0/s1. The molecular formula is C5H8IN3S. The molecule has 0 spiro atoms. The smallest absolute Gasteiger partial charge is 0.189 e. The van der Waals surface area contributed by atoms with Crippen molar-refractivity contribution in [2.45, 2.75) is 15.3 Å². The Bertz CT molecular complexity index is 174. The van der Waals surface area contributed by atoms with Crippen LogP contribution in [0.4, 0.5) is 0 Å². The molecule has 10 heavy (non-hydrogen) atoms. The second-order valence-corrected chi connectivity index (χ2v) is 5.84. The Labute approximate surface area is 77.4 Å². The van der Waals surface area contributed by atoms with Crippen LogP contribution in [0.15, 0.2) is 0 Å². The van der Waals surface area contributed by atoms with E-state index in [0.29, 0.717) is 21.3 Å². The van der Waals surface area contributed by atoms with E-state index in [-0.39, 0.29) is 0 Å². The number of alkyl halides is 1. The summed E-state index contributed by atoms with van der Waals surface area (Å²) >= 11 is 4.38. The van der Waals surface area contributed by atoms with Crippen LogP contribution < -0.4 is 10.6 Å². The number of hydrogen-bond donors (Lipinski definition) is 3. The molecule has 0 aromatic heterocycles. The Hall–Kier alpha value is 0.350. The number of fused-ring (bicyclic) bond motifs is 1. The van der Waals surface area contributed by atoms with Crippen molar-refractivity contribution >= 4 is 40.3 Å². The maximum Gasteiger partial charge on any atom is 0.189 e. The molecule has 5 heteroatoms. The molecule has 2 heterocycles. The zero-order valence-corrected chi connectivity index (χ0v) is 8.20. The average molecular weight is 269 g/mol. The van der Waals surface area contributed by atoms with E-state index >= 15 is 0 Å². The van der Waals surface area contributed by atoms with Gasteiger partial charge in [-0.05, 0) is 0 Å². The van der Waals surface area contributed by atoms with Crippen LogP contribution in [0, 0.1) is 5.41 Å². The lowest BCUT2D eigenvalue weighted by atomic mass is 10.2. The molecule has 56 valence electrons. The van der Waals surface area contributed by atoms with Crippen LogP contribution in [-0.2, 0) is 0 Å². The van der Waals surface area contributed by atoms with E-state index in [0.717, 1.165) is 5.75 Å². The molecule has 2 aliphatic rings. The minimum absolute atomic E-state index is 0.484. The molecule has 0 unspecified atom stereocenters. The third-order valence-electron chi connectivity index (χ3n) is 1.79. The van der Waals surface area contributed by atoms with Gasteiger partial charge in [0.15, 0.2) is 5.96 Å². The van der Waals surface area contributed by atoms with Crippen molar-refractivity contribution in [3.8, 4) is 0 Å². The van der Waals surface area contributed by atoms with Crippen molar-refractivity contribution in [1.82, 2.24) is 10.6 Å². The third kappa shape index (κ3) is 0.990. The summed E-state index contributed by atoms with van der Waals surface area (Å²) in [6.45, 7) is 0. The molecule has 0 radical (unpaired) electrons. The van der Waals surface area contributed by atoms with Gasteiger partial charge >= 0.3 is 0 Å². The van der Waals surface area contributed by atoms with Gasteiger partial charge in [-0.3, -0.25) is 5.41 Å². The molecule has 0 aliphatic carbocycles. The number of rotatable bonds is 0. The topological polar surface area (TPSA) is 47.9 Å². The molecule has 0 bridgehead atoms. The fourth-order valence-electron chi connectivity index (χ4n) is 1.28. The quantitative estimate of drug-likeness (QED) is 0.439. The third-order valence-corrected chi connectivity index (χ3v) is 4.81. The first-order valence-electron chi connectivity index (χ1n) is 3.14. The average Bonchev–Trinajstić information content (AvgIpc) is 2.35. The molecule has 0 saturated carbocycles. The summed E-state index contributed by atoms with van der Waals surface area (Å²) in [6.07, 6.45) is 0. The molecule has 3 atom stereocenters. The van der Waals surface area contributed by atoms with E-state index in [1.165, 1.54) is 0 Å². The second-order valence-electron chi connectivity index (χ2n) is 2.48. The van der Waals surface area contributed by atoms with Crippen molar-refractivity contribution < 1.29 is 0 Å². The van der Waals surface area contributed by atoms with Gasteiger partial charge in [-0.25, -0.2) is 0 Å². The molecular weight excluding hydrogens is 261 g/mol. The van der Waals surface area contributed by atoms with E-state index in [9.17, 15) is 0 Å². The largest absolute Gasteiger partial charge is 0.351 e. The molecule has 2 rings (SSSR count). The van der Waals surface area contributed by atoms with E-state index in [1.54, 1.807) is 0 Å². The lowest BCUT2D eigenvalue weighted by Gasteiger charge is -2.09. The van der Waals surface area contributed by atoms with Crippen LogP contribution in [0.2, 0.25) is 0 Å². The zero-order valence-electron chi connectivity index (χ0n) is 5.23. The normalized spacial score (nSPS) is 44.5. The molecule has 3 N–H and O–H groups in total. The van der Waals surface area contributed by atoms with Gasteiger partial charge in [-0.1, -0.05) is 22.6 Å². The van der Waals surface area contributed by atoms with Gasteiger partial charge < -0.3 is 10.6 Å². The fraction of sp³-hybridized carbons (Fsp3) is 0.800. The minimum Gasteiger partial charge on any atom is -0.351 e. The van der Waals surface area contributed by atoms with Crippen molar-refractivity contribution in [1.29, 1.82) is 5.41 Å². The summed E-state index contributed by atoms with van der Waals surface area (Å²) in [5, 5.41) is 13.5. The highest BCUT2D eigenvalue weighted by Crippen LogP contribution is 2.33. The predicted octanol–water partition coefficient (Wildman–Crippen LogP) is 0.359. The number of halogens is 1. The lowest BCUT2D eigenvalue weighted by Crippen LogP contribution is -2.34. The summed E-state index contributed by atoms with van der Waals surface area (Å²) in [4.78, 5) is 0. The number of thioether (sulfide) groups is 1. The number of guanidine groups is 1. The highest BCUT2D eigenvalue weighted by atomic mass is 127. The van der Waals surface area contributed by atoms with Crippen LogP contribution >= 0.6 is 34.4 Å². The second kappa shape index (κ2) is 2.44. The molecule has 0 amide bonds. The lowest BCUT2D eigenvalue weighted by molar-refractivity contribution is 0.613. The Morgan fingerprint density at radius 3 is 3.10 bits per heavy atom. The summed E-state index contributed by atoms with van der Waals surface area (Å²) in [7, 11) is 0. The first-order chi connectivity index (χ1) is 4.77. The molecule has 0 aromatic rings. The van der Waals surface area contributed by atoms with Crippen LogP contribution in [0.5, 0.6) is 0 Å². The van der Waals surface area contributed by atoms with Gasteiger partial charge in [-0.15, -0.1) is 11.8 Å². The van der Waals surface area contributed by atoms with Gasteiger partial charge in [0.1, 0.15) is 0 Å². The van der Waals surface area contributed by atoms with Gasteiger partial charge in [-0.2, -0.15) is 0 Å². The minimum atomic E-state index is 0.484. The van der Waals surface area contributed by atoms with Crippen molar-refractivity contribution in [2.24, 2.45) is 0 Å². The fourth-order valence-corrected chi connectivity index (χ4v) is 3.73. The van der Waals surface area contributed by atoms with Gasteiger partial charge in [0.2, 0.25) is 0 Å². The maximum absolute atomic E-state index is 7.30. The van der Waals surface area contributed by atoms with Crippen molar-refractivity contribution in [3.63, 3.8) is 0 Å². The van der Waals surface area contributed by atoms with Crippen LogP contribution in [0.3, 0.4) is 0 Å². The predicted molar refractivity (Wildman–Crippen MR) is 51.8 cm³/mol. The summed E-state index contributed by atoms with van der Waals surface area (Å²) in [5.74, 6) is 1.63. The maximum atomic E-state index is 7.30. The number of hydrogen-bond acceptors (Lipinski definition) is 2. The SMILES string of the molecule is N=C1N[C@H]2[C@H](CS[C@H]2I)N1. The van der Waals surface area contributed by atoms with E-state index in [1.807, 2.05) is 11.8 Å². The number of nitrogens with one attached hydrogen (secondary N) is 3. The van der Waals surface area contributed by atoms with Gasteiger partial charge in [0, 0.05) is 5.75 Å². The highest BCUT2D eigenvalue weighted by Gasteiger charge is 2.40. The van der Waals surface area contributed by atoms with E-state index in [4.69, 9.17) is 5.41 Å². The summed E-state index contributed by atoms with van der Waals surface area (Å²) in [5.41, 5.74) is 0. The molecule has 2 fully saturated rings.